The van der Waals surface area contributed by atoms with Crippen LogP contribution >= 0.6 is 15.9 Å². The molecule has 96 valence electrons. The molecule has 0 saturated carbocycles. The molecule has 1 heterocycles. The average molecular weight is 314 g/mol. The Morgan fingerprint density at radius 3 is 2.83 bits per heavy atom. The third kappa shape index (κ3) is 2.91. The first-order valence-electron chi connectivity index (χ1n) is 5.45. The molecule has 0 saturated heterocycles. The van der Waals surface area contributed by atoms with Crippen molar-refractivity contribution in [2.24, 2.45) is 7.05 Å². The lowest BCUT2D eigenvalue weighted by Crippen LogP contribution is -2.20. The Bertz CT molecular complexity index is 542. The van der Waals surface area contributed by atoms with Crippen LogP contribution in [0.15, 0.2) is 22.7 Å². The van der Waals surface area contributed by atoms with E-state index in [1.54, 1.807) is 20.2 Å². The SMILES string of the molecule is CNC(Cc1nnn(C)n1)c1ccc(Br)cc1F. The standard InChI is InChI=1S/C11H13BrFN5/c1-14-10(6-11-15-17-18(2)16-11)8-4-3-7(12)5-9(8)13/h3-5,10,14H,6H2,1-2H3. The van der Waals surface area contributed by atoms with Crippen LogP contribution in [0.25, 0.3) is 0 Å². The third-order valence-corrected chi connectivity index (χ3v) is 3.12. The molecule has 1 aromatic heterocycles. The number of nitrogens with one attached hydrogen (secondary N) is 1. The van der Waals surface area contributed by atoms with E-state index in [0.29, 0.717) is 17.8 Å². The summed E-state index contributed by atoms with van der Waals surface area (Å²) >= 11 is 3.24. The van der Waals surface area contributed by atoms with Crippen LogP contribution in [0.2, 0.25) is 0 Å². The smallest absolute Gasteiger partial charge is 0.176 e. The predicted octanol–water partition coefficient (Wildman–Crippen LogP) is 1.61. The Morgan fingerprint density at radius 1 is 1.50 bits per heavy atom. The molecule has 1 aromatic carbocycles. The Labute approximate surface area is 113 Å². The van der Waals surface area contributed by atoms with Crippen molar-refractivity contribution >= 4 is 15.9 Å². The van der Waals surface area contributed by atoms with Gasteiger partial charge in [0, 0.05) is 22.5 Å². The zero-order valence-corrected chi connectivity index (χ0v) is 11.6. The van der Waals surface area contributed by atoms with Gasteiger partial charge in [0.1, 0.15) is 5.82 Å². The molecule has 2 rings (SSSR count). The van der Waals surface area contributed by atoms with Crippen molar-refractivity contribution < 1.29 is 4.39 Å². The summed E-state index contributed by atoms with van der Waals surface area (Å²) in [5, 5.41) is 14.8. The number of benzene rings is 1. The van der Waals surface area contributed by atoms with E-state index in [2.05, 4.69) is 36.7 Å². The molecular formula is C11H13BrFN5. The van der Waals surface area contributed by atoms with Crippen molar-refractivity contribution in [3.8, 4) is 0 Å². The minimum atomic E-state index is -0.257. The highest BCUT2D eigenvalue weighted by Gasteiger charge is 2.17. The largest absolute Gasteiger partial charge is 0.313 e. The predicted molar refractivity (Wildman–Crippen MR) is 68.4 cm³/mol. The summed E-state index contributed by atoms with van der Waals surface area (Å²) in [6, 6.07) is 4.83. The van der Waals surface area contributed by atoms with E-state index in [9.17, 15) is 4.39 Å². The fourth-order valence-electron chi connectivity index (χ4n) is 1.74. The van der Waals surface area contributed by atoms with Gasteiger partial charge in [0.2, 0.25) is 0 Å². The lowest BCUT2D eigenvalue weighted by molar-refractivity contribution is 0.523. The van der Waals surface area contributed by atoms with Crippen molar-refractivity contribution in [3.63, 3.8) is 0 Å². The molecule has 0 aliphatic carbocycles. The van der Waals surface area contributed by atoms with E-state index in [4.69, 9.17) is 0 Å². The van der Waals surface area contributed by atoms with E-state index in [0.717, 1.165) is 4.47 Å². The highest BCUT2D eigenvalue weighted by atomic mass is 79.9. The summed E-state index contributed by atoms with van der Waals surface area (Å²) in [5.74, 6) is 0.326. The molecule has 1 N–H and O–H groups in total. The van der Waals surface area contributed by atoms with Crippen LogP contribution in [-0.4, -0.2) is 27.3 Å². The highest BCUT2D eigenvalue weighted by molar-refractivity contribution is 9.10. The van der Waals surface area contributed by atoms with Gasteiger partial charge >= 0.3 is 0 Å². The fourth-order valence-corrected chi connectivity index (χ4v) is 2.07. The monoisotopic (exact) mass is 313 g/mol. The van der Waals surface area contributed by atoms with Gasteiger partial charge in [-0.2, -0.15) is 4.80 Å². The van der Waals surface area contributed by atoms with Gasteiger partial charge in [0.15, 0.2) is 5.82 Å². The van der Waals surface area contributed by atoms with Crippen LogP contribution in [0.3, 0.4) is 0 Å². The van der Waals surface area contributed by atoms with Crippen LogP contribution in [0, 0.1) is 5.82 Å². The van der Waals surface area contributed by atoms with Crippen LogP contribution < -0.4 is 5.32 Å². The molecule has 0 fully saturated rings. The number of hydrogen-bond acceptors (Lipinski definition) is 4. The summed E-state index contributed by atoms with van der Waals surface area (Å²) in [4.78, 5) is 1.39. The first-order valence-corrected chi connectivity index (χ1v) is 6.24. The first-order chi connectivity index (χ1) is 8.60. The number of aromatic nitrogens is 4. The van der Waals surface area contributed by atoms with Crippen molar-refractivity contribution in [1.82, 2.24) is 25.5 Å². The second-order valence-electron chi connectivity index (χ2n) is 3.91. The van der Waals surface area contributed by atoms with Crippen LogP contribution in [0.4, 0.5) is 4.39 Å². The zero-order valence-electron chi connectivity index (χ0n) is 10.1. The van der Waals surface area contributed by atoms with Gasteiger partial charge < -0.3 is 5.32 Å². The molecule has 7 heteroatoms. The van der Waals surface area contributed by atoms with Crippen molar-refractivity contribution in [2.45, 2.75) is 12.5 Å². The highest BCUT2D eigenvalue weighted by Crippen LogP contribution is 2.22. The van der Waals surface area contributed by atoms with E-state index < -0.39 is 0 Å². The molecule has 0 aliphatic rings. The maximum absolute atomic E-state index is 13.9. The number of tetrazole rings is 1. The quantitative estimate of drug-likeness (QED) is 0.932. The number of rotatable bonds is 4. The van der Waals surface area contributed by atoms with Gasteiger partial charge in [-0.05, 0) is 24.4 Å². The summed E-state index contributed by atoms with van der Waals surface area (Å²) in [7, 11) is 3.48. The molecule has 0 amide bonds. The average Bonchev–Trinajstić information content (AvgIpc) is 2.72. The second-order valence-corrected chi connectivity index (χ2v) is 4.82. The van der Waals surface area contributed by atoms with Gasteiger partial charge in [-0.25, -0.2) is 4.39 Å². The van der Waals surface area contributed by atoms with Crippen molar-refractivity contribution in [3.05, 3.63) is 39.9 Å². The Kier molecular flexibility index (Phi) is 4.03. The van der Waals surface area contributed by atoms with E-state index in [1.807, 2.05) is 6.07 Å². The van der Waals surface area contributed by atoms with E-state index in [-0.39, 0.29) is 11.9 Å². The topological polar surface area (TPSA) is 55.6 Å². The second kappa shape index (κ2) is 5.53. The normalized spacial score (nSPS) is 12.7. The van der Waals surface area contributed by atoms with Gasteiger partial charge in [-0.15, -0.1) is 10.2 Å². The van der Waals surface area contributed by atoms with Crippen LogP contribution in [-0.2, 0) is 13.5 Å². The minimum Gasteiger partial charge on any atom is -0.313 e. The zero-order chi connectivity index (χ0) is 13.1. The summed E-state index contributed by atoms with van der Waals surface area (Å²) in [5.41, 5.74) is 0.591. The Morgan fingerprint density at radius 2 is 2.28 bits per heavy atom. The van der Waals surface area contributed by atoms with Gasteiger partial charge in [-0.3, -0.25) is 0 Å². The minimum absolute atomic E-state index is 0.178. The number of aryl methyl sites for hydroxylation is 1. The van der Waals surface area contributed by atoms with Crippen LogP contribution in [0.1, 0.15) is 17.4 Å². The van der Waals surface area contributed by atoms with Crippen LogP contribution in [0.5, 0.6) is 0 Å². The summed E-state index contributed by atoms with van der Waals surface area (Å²) in [6.45, 7) is 0. The molecule has 2 aromatic rings. The fraction of sp³-hybridized carbons (Fsp3) is 0.364. The van der Waals surface area contributed by atoms with Gasteiger partial charge in [-0.1, -0.05) is 22.0 Å². The molecule has 0 spiro atoms. The first kappa shape index (κ1) is 13.1. The summed E-state index contributed by atoms with van der Waals surface area (Å²) < 4.78 is 14.6. The summed E-state index contributed by atoms with van der Waals surface area (Å²) in [6.07, 6.45) is 0.489. The number of nitrogens with zero attached hydrogens (tertiary/aromatic N) is 4. The number of likely N-dealkylation sites (N-methyl/N-ethyl adjacent to an activating group) is 1. The molecule has 5 nitrogen and oxygen atoms in total. The molecular weight excluding hydrogens is 301 g/mol. The number of halogens is 2. The van der Waals surface area contributed by atoms with Crippen molar-refractivity contribution in [1.29, 1.82) is 0 Å². The Balaban J connectivity index is 2.22. The molecule has 0 aliphatic heterocycles. The maximum atomic E-state index is 13.9. The number of hydrogen-bond donors (Lipinski definition) is 1. The van der Waals surface area contributed by atoms with Gasteiger partial charge in [0.25, 0.3) is 0 Å². The Hall–Kier alpha value is -1.34. The third-order valence-electron chi connectivity index (χ3n) is 2.62. The van der Waals surface area contributed by atoms with E-state index >= 15 is 0 Å². The molecule has 18 heavy (non-hydrogen) atoms. The molecule has 1 unspecified atom stereocenters. The lowest BCUT2D eigenvalue weighted by Gasteiger charge is -2.15. The maximum Gasteiger partial charge on any atom is 0.176 e. The van der Waals surface area contributed by atoms with Gasteiger partial charge in [0.05, 0.1) is 7.05 Å². The molecule has 0 radical (unpaired) electrons. The molecule has 1 atom stereocenters. The van der Waals surface area contributed by atoms with E-state index in [1.165, 1.54) is 10.9 Å². The lowest BCUT2D eigenvalue weighted by atomic mass is 10.0. The molecule has 0 bridgehead atoms. The van der Waals surface area contributed by atoms with Crippen molar-refractivity contribution in [2.75, 3.05) is 7.05 Å².